The minimum Gasteiger partial charge on any atom is -0.394 e. The van der Waals surface area contributed by atoms with E-state index in [-0.39, 0.29) is 6.42 Å². The zero-order valence-corrected chi connectivity index (χ0v) is 40.8. The molecule has 7 N–H and O–H groups in total. The minimum atomic E-state index is -5.12. The van der Waals surface area contributed by atoms with E-state index in [1.165, 1.54) is 122 Å². The summed E-state index contributed by atoms with van der Waals surface area (Å²) in [5, 5.41) is 55.2. The number of carbonyl (C=O) groups is 1. The van der Waals surface area contributed by atoms with Gasteiger partial charge in [-0.2, -0.15) is 8.42 Å². The van der Waals surface area contributed by atoms with Crippen LogP contribution in [0.5, 0.6) is 0 Å². The fourth-order valence-corrected chi connectivity index (χ4v) is 8.45. The molecule has 1 aliphatic heterocycles. The topological polar surface area (TPSA) is 212 Å². The Morgan fingerprint density at radius 2 is 1.05 bits per heavy atom. The summed E-state index contributed by atoms with van der Waals surface area (Å²) in [4.78, 5) is 13.1. The summed E-state index contributed by atoms with van der Waals surface area (Å²) in [6.45, 7) is 3.20. The summed E-state index contributed by atoms with van der Waals surface area (Å²) in [6.07, 6.45) is 36.6. The van der Waals surface area contributed by atoms with Gasteiger partial charge in [0.25, 0.3) is 0 Å². The highest BCUT2D eigenvalue weighted by atomic mass is 32.3. The molecule has 1 amide bonds. The summed E-state index contributed by atoms with van der Waals surface area (Å²) in [7, 11) is -5.12. The first-order valence-corrected chi connectivity index (χ1v) is 26.8. The number of aliphatic hydroxyl groups excluding tert-OH is 5. The second kappa shape index (κ2) is 40.4. The average molecular weight is 932 g/mol. The van der Waals surface area contributed by atoms with Crippen molar-refractivity contribution < 1.29 is 57.0 Å². The van der Waals surface area contributed by atoms with Crippen LogP contribution in [0.3, 0.4) is 0 Å². The van der Waals surface area contributed by atoms with Crippen LogP contribution in [0, 0.1) is 0 Å². The minimum absolute atomic E-state index is 0.230. The third-order valence-electron chi connectivity index (χ3n) is 12.0. The highest BCUT2D eigenvalue weighted by Gasteiger charge is 2.48. The van der Waals surface area contributed by atoms with Gasteiger partial charge in [0.05, 0.1) is 25.4 Å². The first kappa shape index (κ1) is 60.3. The van der Waals surface area contributed by atoms with Gasteiger partial charge in [0.15, 0.2) is 6.29 Å². The van der Waals surface area contributed by atoms with Gasteiger partial charge in [0.2, 0.25) is 5.91 Å². The lowest BCUT2D eigenvalue weighted by atomic mass is 9.99. The molecule has 376 valence electrons. The Morgan fingerprint density at radius 3 is 1.50 bits per heavy atom. The Kier molecular flexibility index (Phi) is 38.0. The molecule has 0 bridgehead atoms. The van der Waals surface area contributed by atoms with Crippen molar-refractivity contribution in [2.45, 2.75) is 262 Å². The molecule has 0 aromatic rings. The lowest BCUT2D eigenvalue weighted by molar-refractivity contribution is -0.298. The maximum absolute atomic E-state index is 13.1. The number of ether oxygens (including phenoxy) is 2. The summed E-state index contributed by atoms with van der Waals surface area (Å²) < 4.78 is 47.5. The fraction of sp³-hybridized carbons (Fsp3) is 0.860. The van der Waals surface area contributed by atoms with Crippen LogP contribution in [-0.2, 0) is 28.9 Å². The highest BCUT2D eigenvalue weighted by molar-refractivity contribution is 7.80. The van der Waals surface area contributed by atoms with Crippen LogP contribution in [0.25, 0.3) is 0 Å². The van der Waals surface area contributed by atoms with Crippen LogP contribution >= 0.6 is 0 Å². The first-order chi connectivity index (χ1) is 30.9. The smallest absolute Gasteiger partial charge is 0.394 e. The SMILES string of the molecule is CCCCCCCCC/C=C/CC/C=C/C(O)C(COC1OC(CO)C(O)C(OS(=O)(=O)O)C1O)NC(=O)C(O)CCCCCCCC/C=C\CCCCCCCCCCCCCC. The van der Waals surface area contributed by atoms with Gasteiger partial charge in [-0.1, -0.05) is 192 Å². The van der Waals surface area contributed by atoms with Gasteiger partial charge in [-0.3, -0.25) is 9.35 Å². The molecule has 1 aliphatic rings. The van der Waals surface area contributed by atoms with Crippen molar-refractivity contribution in [3.05, 3.63) is 36.5 Å². The second-order valence-corrected chi connectivity index (χ2v) is 18.9. The maximum atomic E-state index is 13.1. The van der Waals surface area contributed by atoms with Gasteiger partial charge < -0.3 is 40.3 Å². The molecule has 8 unspecified atom stereocenters. The van der Waals surface area contributed by atoms with Gasteiger partial charge in [-0.05, 0) is 57.8 Å². The van der Waals surface area contributed by atoms with Crippen molar-refractivity contribution in [1.29, 1.82) is 0 Å². The molecular formula is C50H93NO12S. The van der Waals surface area contributed by atoms with E-state index in [9.17, 15) is 43.3 Å². The van der Waals surface area contributed by atoms with Crippen molar-refractivity contribution in [3.8, 4) is 0 Å². The molecule has 1 heterocycles. The van der Waals surface area contributed by atoms with Crippen molar-refractivity contribution in [3.63, 3.8) is 0 Å². The molecular weight excluding hydrogens is 839 g/mol. The van der Waals surface area contributed by atoms with Crippen LogP contribution in [0.2, 0.25) is 0 Å². The monoisotopic (exact) mass is 932 g/mol. The highest BCUT2D eigenvalue weighted by Crippen LogP contribution is 2.26. The number of unbranched alkanes of at least 4 members (excludes halogenated alkanes) is 26. The second-order valence-electron chi connectivity index (χ2n) is 17.9. The van der Waals surface area contributed by atoms with Crippen molar-refractivity contribution in [2.75, 3.05) is 13.2 Å². The van der Waals surface area contributed by atoms with Gasteiger partial charge in [0, 0.05) is 0 Å². The van der Waals surface area contributed by atoms with E-state index in [0.29, 0.717) is 12.8 Å². The molecule has 1 saturated heterocycles. The lowest BCUT2D eigenvalue weighted by Gasteiger charge is -2.41. The molecule has 0 aliphatic carbocycles. The molecule has 1 fully saturated rings. The number of amides is 1. The number of hydrogen-bond donors (Lipinski definition) is 7. The standard InChI is InChI=1S/C50H93NO12S/c1-3-5-7-9-11-13-15-17-18-19-20-21-22-23-24-25-27-29-31-33-35-37-39-44(54)49(57)51-42(43(53)38-36-34-32-30-28-26-16-14-12-10-8-6-4-2)41-61-50-47(56)48(63-64(58,59)60)46(55)45(40-52)62-50/h23-24,28,30,36,38,42-48,50,52-56H,3-22,25-27,29,31-35,37,39-41H2,1-2H3,(H,51,57)(H,58,59,60)/b24-23-,30-28+,38-36+. The summed E-state index contributed by atoms with van der Waals surface area (Å²) in [6, 6.07) is -1.14. The van der Waals surface area contributed by atoms with Crippen LogP contribution in [0.15, 0.2) is 36.5 Å². The zero-order chi connectivity index (χ0) is 47.1. The third-order valence-corrected chi connectivity index (χ3v) is 12.5. The number of aliphatic hydroxyl groups is 5. The molecule has 0 radical (unpaired) electrons. The summed E-state index contributed by atoms with van der Waals surface area (Å²) in [5.74, 6) is -0.717. The van der Waals surface area contributed by atoms with Crippen molar-refractivity contribution in [1.82, 2.24) is 5.32 Å². The number of allylic oxidation sites excluding steroid dienone is 5. The maximum Gasteiger partial charge on any atom is 0.397 e. The van der Waals surface area contributed by atoms with E-state index in [0.717, 1.165) is 64.2 Å². The lowest BCUT2D eigenvalue weighted by Crippen LogP contribution is -2.61. The molecule has 64 heavy (non-hydrogen) atoms. The van der Waals surface area contributed by atoms with Gasteiger partial charge in [0.1, 0.15) is 30.5 Å². The molecule has 14 heteroatoms. The van der Waals surface area contributed by atoms with E-state index >= 15 is 0 Å². The van der Waals surface area contributed by atoms with E-state index in [4.69, 9.17) is 9.47 Å². The molecule has 0 spiro atoms. The number of carbonyl (C=O) groups excluding carboxylic acids is 1. The van der Waals surface area contributed by atoms with Crippen LogP contribution in [-0.4, -0.2) is 107 Å². The Hall–Kier alpha value is -1.72. The molecule has 1 rings (SSSR count). The van der Waals surface area contributed by atoms with Crippen LogP contribution < -0.4 is 5.32 Å². The predicted octanol–water partition coefficient (Wildman–Crippen LogP) is 9.64. The predicted molar refractivity (Wildman–Crippen MR) is 256 cm³/mol. The molecule has 13 nitrogen and oxygen atoms in total. The van der Waals surface area contributed by atoms with E-state index in [1.807, 2.05) is 0 Å². The fourth-order valence-electron chi connectivity index (χ4n) is 7.94. The first-order valence-electron chi connectivity index (χ1n) is 25.5. The van der Waals surface area contributed by atoms with E-state index in [2.05, 4.69) is 47.7 Å². The quantitative estimate of drug-likeness (QED) is 0.0173. The van der Waals surface area contributed by atoms with E-state index < -0.39 is 78.5 Å². The Labute approximate surface area is 388 Å². The number of nitrogens with one attached hydrogen (secondary N) is 1. The average Bonchev–Trinajstić information content (AvgIpc) is 3.27. The van der Waals surface area contributed by atoms with E-state index in [1.54, 1.807) is 6.08 Å². The Bertz CT molecular complexity index is 1300. The Balaban J connectivity index is 2.49. The summed E-state index contributed by atoms with van der Waals surface area (Å²) >= 11 is 0. The van der Waals surface area contributed by atoms with Crippen molar-refractivity contribution in [2.24, 2.45) is 0 Å². The largest absolute Gasteiger partial charge is 0.397 e. The zero-order valence-electron chi connectivity index (χ0n) is 40.0. The summed E-state index contributed by atoms with van der Waals surface area (Å²) in [5.41, 5.74) is 0. The van der Waals surface area contributed by atoms with Gasteiger partial charge in [-0.15, -0.1) is 0 Å². The molecule has 0 aromatic heterocycles. The van der Waals surface area contributed by atoms with Gasteiger partial charge in [-0.25, -0.2) is 4.18 Å². The molecule has 0 saturated carbocycles. The number of hydrogen-bond acceptors (Lipinski definition) is 11. The molecule has 8 atom stereocenters. The molecule has 0 aromatic carbocycles. The van der Waals surface area contributed by atoms with Crippen molar-refractivity contribution >= 4 is 16.3 Å². The Morgan fingerprint density at radius 1 is 0.625 bits per heavy atom. The third kappa shape index (κ3) is 32.1. The normalized spacial score (nSPS) is 21.0. The van der Waals surface area contributed by atoms with Crippen LogP contribution in [0.4, 0.5) is 0 Å². The van der Waals surface area contributed by atoms with Gasteiger partial charge >= 0.3 is 10.4 Å². The number of rotatable bonds is 43. The van der Waals surface area contributed by atoms with Crippen LogP contribution in [0.1, 0.15) is 213 Å².